The molecule has 0 radical (unpaired) electrons. The molecule has 0 heterocycles. The molecule has 4 nitrogen and oxygen atoms in total. The molecule has 0 spiro atoms. The van der Waals surface area contributed by atoms with Gasteiger partial charge in [0, 0.05) is 15.2 Å². The van der Waals surface area contributed by atoms with Crippen molar-refractivity contribution in [1.29, 1.82) is 0 Å². The van der Waals surface area contributed by atoms with E-state index in [1.807, 2.05) is 24.3 Å². The summed E-state index contributed by atoms with van der Waals surface area (Å²) in [5, 5.41) is 6.64. The number of hydrogen-bond donors (Lipinski definition) is 1. The highest BCUT2D eigenvalue weighted by Gasteiger charge is 2.02. The predicted octanol–water partition coefficient (Wildman–Crippen LogP) is 4.69. The minimum absolute atomic E-state index is 0.529. The second kappa shape index (κ2) is 7.07. The maximum atomic E-state index is 11.5. The number of carbonyl (C=O) groups is 1. The third kappa shape index (κ3) is 4.68. The summed E-state index contributed by atoms with van der Waals surface area (Å²) in [6.45, 7) is 0. The second-order valence-corrected chi connectivity index (χ2v) is 5.15. The minimum atomic E-state index is -0.680. The lowest BCUT2D eigenvalue weighted by Gasteiger charge is -2.02. The molecule has 0 saturated heterocycles. The van der Waals surface area contributed by atoms with E-state index in [0.717, 1.165) is 10.0 Å². The number of rotatable bonds is 3. The van der Waals surface area contributed by atoms with E-state index in [0.29, 0.717) is 10.7 Å². The van der Waals surface area contributed by atoms with Crippen LogP contribution in [0.4, 0.5) is 10.5 Å². The molecule has 0 bridgehead atoms. The quantitative estimate of drug-likeness (QED) is 0.494. The van der Waals surface area contributed by atoms with Gasteiger partial charge in [0.25, 0.3) is 0 Å². The molecule has 0 aliphatic heterocycles. The highest BCUT2D eigenvalue weighted by molar-refractivity contribution is 9.10. The van der Waals surface area contributed by atoms with Crippen molar-refractivity contribution in [3.05, 3.63) is 63.6 Å². The fourth-order valence-electron chi connectivity index (χ4n) is 1.39. The molecule has 0 aliphatic carbocycles. The highest BCUT2D eigenvalue weighted by Crippen LogP contribution is 2.15. The van der Waals surface area contributed by atoms with Crippen molar-refractivity contribution in [2.24, 2.45) is 5.16 Å². The average Bonchev–Trinajstić information content (AvgIpc) is 2.41. The van der Waals surface area contributed by atoms with E-state index in [4.69, 9.17) is 11.6 Å². The Hall–Kier alpha value is -1.85. The Morgan fingerprint density at radius 3 is 2.70 bits per heavy atom. The normalized spacial score (nSPS) is 10.5. The molecule has 6 heteroatoms. The Labute approximate surface area is 129 Å². The van der Waals surface area contributed by atoms with Crippen LogP contribution in [-0.4, -0.2) is 12.3 Å². The summed E-state index contributed by atoms with van der Waals surface area (Å²) in [5.74, 6) is 0. The number of nitrogens with zero attached hydrogens (tertiary/aromatic N) is 1. The van der Waals surface area contributed by atoms with Gasteiger partial charge in [-0.1, -0.05) is 50.9 Å². The van der Waals surface area contributed by atoms with Gasteiger partial charge in [-0.05, 0) is 35.9 Å². The number of amides is 1. The first kappa shape index (κ1) is 14.6. The fraction of sp³-hybridized carbons (Fsp3) is 0. The molecule has 2 rings (SSSR count). The van der Waals surface area contributed by atoms with Crippen molar-refractivity contribution in [1.82, 2.24) is 0 Å². The summed E-state index contributed by atoms with van der Waals surface area (Å²) in [6.07, 6.45) is 0.768. The van der Waals surface area contributed by atoms with Crippen molar-refractivity contribution >= 4 is 45.5 Å². The first-order chi connectivity index (χ1) is 9.63. The molecule has 0 saturated carbocycles. The molecular formula is C14H10BrClN2O2. The molecule has 1 N–H and O–H groups in total. The van der Waals surface area contributed by atoms with E-state index in [2.05, 4.69) is 31.2 Å². The van der Waals surface area contributed by atoms with E-state index in [1.165, 1.54) is 6.21 Å². The number of hydrogen-bond acceptors (Lipinski definition) is 3. The van der Waals surface area contributed by atoms with Crippen LogP contribution in [0, 0.1) is 0 Å². The molecule has 102 valence electrons. The molecule has 20 heavy (non-hydrogen) atoms. The lowest BCUT2D eigenvalue weighted by Crippen LogP contribution is -2.10. The van der Waals surface area contributed by atoms with Crippen molar-refractivity contribution in [2.75, 3.05) is 5.32 Å². The summed E-state index contributed by atoms with van der Waals surface area (Å²) in [6, 6.07) is 14.2. The maximum Gasteiger partial charge on any atom is 0.437 e. The van der Waals surface area contributed by atoms with Gasteiger partial charge >= 0.3 is 6.09 Å². The van der Waals surface area contributed by atoms with Crippen molar-refractivity contribution in [3.8, 4) is 0 Å². The van der Waals surface area contributed by atoms with Gasteiger partial charge in [-0.25, -0.2) is 4.79 Å². The Balaban J connectivity index is 1.87. The zero-order chi connectivity index (χ0) is 14.4. The number of anilines is 1. The third-order valence-corrected chi connectivity index (χ3v) is 3.04. The fourth-order valence-corrected chi connectivity index (χ4v) is 1.85. The molecule has 1 amide bonds. The van der Waals surface area contributed by atoms with E-state index in [9.17, 15) is 4.79 Å². The zero-order valence-corrected chi connectivity index (χ0v) is 12.6. The molecule has 2 aromatic rings. The van der Waals surface area contributed by atoms with Crippen LogP contribution in [0.2, 0.25) is 5.02 Å². The van der Waals surface area contributed by atoms with Gasteiger partial charge < -0.3 is 0 Å². The highest BCUT2D eigenvalue weighted by atomic mass is 79.9. The van der Waals surface area contributed by atoms with Crippen LogP contribution in [0.15, 0.2) is 58.2 Å². The van der Waals surface area contributed by atoms with E-state index >= 15 is 0 Å². The molecule has 0 unspecified atom stereocenters. The van der Waals surface area contributed by atoms with Crippen LogP contribution < -0.4 is 5.32 Å². The Morgan fingerprint density at radius 1 is 1.25 bits per heavy atom. The standard InChI is InChI=1S/C14H10BrClN2O2/c15-11-6-4-10(5-7-11)9-17-20-14(19)18-13-3-1-2-12(16)8-13/h1-9H,(H,18,19)/b17-9-. The van der Waals surface area contributed by atoms with Crippen LogP contribution in [0.5, 0.6) is 0 Å². The summed E-state index contributed by atoms with van der Waals surface area (Å²) >= 11 is 9.13. The topological polar surface area (TPSA) is 50.7 Å². The van der Waals surface area contributed by atoms with Gasteiger partial charge in [-0.3, -0.25) is 10.2 Å². The van der Waals surface area contributed by atoms with Gasteiger partial charge in [-0.2, -0.15) is 0 Å². The lowest BCUT2D eigenvalue weighted by molar-refractivity contribution is 0.167. The zero-order valence-electron chi connectivity index (χ0n) is 10.2. The Kier molecular flexibility index (Phi) is 5.15. The number of halogens is 2. The van der Waals surface area contributed by atoms with Gasteiger partial charge in [0.15, 0.2) is 0 Å². The van der Waals surface area contributed by atoms with Crippen LogP contribution >= 0.6 is 27.5 Å². The maximum absolute atomic E-state index is 11.5. The molecule has 2 aromatic carbocycles. The molecule has 0 aliphatic rings. The van der Waals surface area contributed by atoms with E-state index in [-0.39, 0.29) is 0 Å². The van der Waals surface area contributed by atoms with Gasteiger partial charge in [-0.15, -0.1) is 0 Å². The predicted molar refractivity (Wildman–Crippen MR) is 83.3 cm³/mol. The smallest absolute Gasteiger partial charge is 0.298 e. The van der Waals surface area contributed by atoms with Crippen molar-refractivity contribution in [3.63, 3.8) is 0 Å². The van der Waals surface area contributed by atoms with Crippen LogP contribution in [0.25, 0.3) is 0 Å². The lowest BCUT2D eigenvalue weighted by atomic mass is 10.2. The Bertz CT molecular complexity index is 629. The van der Waals surface area contributed by atoms with Crippen LogP contribution in [0.1, 0.15) is 5.56 Å². The second-order valence-electron chi connectivity index (χ2n) is 3.80. The van der Waals surface area contributed by atoms with Crippen LogP contribution in [0.3, 0.4) is 0 Å². The summed E-state index contributed by atoms with van der Waals surface area (Å²) in [4.78, 5) is 16.2. The van der Waals surface area contributed by atoms with Gasteiger partial charge in [0.2, 0.25) is 0 Å². The number of carbonyl (C=O) groups excluding carboxylic acids is 1. The average molecular weight is 354 g/mol. The number of nitrogens with one attached hydrogen (secondary N) is 1. The molecule has 0 aromatic heterocycles. The SMILES string of the molecule is O=C(Nc1cccc(Cl)c1)O/N=C\c1ccc(Br)cc1. The first-order valence-corrected chi connectivity index (χ1v) is 6.83. The summed E-state index contributed by atoms with van der Waals surface area (Å²) in [7, 11) is 0. The number of benzene rings is 2. The monoisotopic (exact) mass is 352 g/mol. The minimum Gasteiger partial charge on any atom is -0.298 e. The summed E-state index contributed by atoms with van der Waals surface area (Å²) < 4.78 is 0.967. The van der Waals surface area contributed by atoms with Gasteiger partial charge in [0.1, 0.15) is 0 Å². The molecular weight excluding hydrogens is 344 g/mol. The summed E-state index contributed by atoms with van der Waals surface area (Å²) in [5.41, 5.74) is 1.37. The van der Waals surface area contributed by atoms with Crippen molar-refractivity contribution in [2.45, 2.75) is 0 Å². The first-order valence-electron chi connectivity index (χ1n) is 5.66. The third-order valence-electron chi connectivity index (χ3n) is 2.28. The van der Waals surface area contributed by atoms with E-state index < -0.39 is 6.09 Å². The van der Waals surface area contributed by atoms with Crippen molar-refractivity contribution < 1.29 is 9.63 Å². The largest absolute Gasteiger partial charge is 0.437 e. The molecule has 0 fully saturated rings. The number of oxime groups is 1. The van der Waals surface area contributed by atoms with Gasteiger partial charge in [0.05, 0.1) is 6.21 Å². The molecule has 0 atom stereocenters. The van der Waals surface area contributed by atoms with E-state index in [1.54, 1.807) is 24.3 Å². The van der Waals surface area contributed by atoms with Crippen LogP contribution in [-0.2, 0) is 4.84 Å². The Morgan fingerprint density at radius 2 is 2.00 bits per heavy atom.